The maximum atomic E-state index is 12.5. The van der Waals surface area contributed by atoms with Crippen molar-refractivity contribution in [2.45, 2.75) is 4.90 Å². The van der Waals surface area contributed by atoms with E-state index in [0.29, 0.717) is 16.4 Å². The molecule has 2 N–H and O–H groups in total. The van der Waals surface area contributed by atoms with E-state index in [4.69, 9.17) is 16.3 Å². The van der Waals surface area contributed by atoms with E-state index < -0.39 is 10.0 Å². The molecule has 0 heterocycles. The summed E-state index contributed by atoms with van der Waals surface area (Å²) in [5.41, 5.74) is 1.61. The van der Waals surface area contributed by atoms with Gasteiger partial charge in [0.05, 0.1) is 22.7 Å². The van der Waals surface area contributed by atoms with Crippen LogP contribution in [0.5, 0.6) is 5.75 Å². The van der Waals surface area contributed by atoms with E-state index in [1.165, 1.54) is 30.3 Å². The number of ether oxygens (including phenoxy) is 1. The van der Waals surface area contributed by atoms with E-state index in [-0.39, 0.29) is 10.8 Å². The first-order valence-electron chi connectivity index (χ1n) is 8.88. The van der Waals surface area contributed by atoms with E-state index in [1.54, 1.807) is 49.6 Å². The molecule has 0 saturated heterocycles. The average molecular weight is 443 g/mol. The fraction of sp³-hybridized carbons (Fsp3) is 0.0455. The fourth-order valence-corrected chi connectivity index (χ4v) is 3.85. The number of carbonyl (C=O) groups excluding carboxylic acids is 1. The molecule has 8 heteroatoms. The van der Waals surface area contributed by atoms with E-state index in [2.05, 4.69) is 10.0 Å². The lowest BCUT2D eigenvalue weighted by Gasteiger charge is -2.10. The van der Waals surface area contributed by atoms with Gasteiger partial charge < -0.3 is 10.1 Å². The quantitative estimate of drug-likeness (QED) is 0.514. The number of methoxy groups -OCH3 is 1. The highest BCUT2D eigenvalue weighted by atomic mass is 35.5. The fourth-order valence-electron chi connectivity index (χ4n) is 2.54. The molecule has 0 spiro atoms. The Morgan fingerprint density at radius 2 is 1.63 bits per heavy atom. The van der Waals surface area contributed by atoms with Gasteiger partial charge in [0.15, 0.2) is 0 Å². The van der Waals surface area contributed by atoms with Crippen molar-refractivity contribution in [1.82, 2.24) is 0 Å². The van der Waals surface area contributed by atoms with Crippen molar-refractivity contribution in [2.75, 3.05) is 17.1 Å². The number of amides is 1. The number of carbonyl (C=O) groups is 1. The summed E-state index contributed by atoms with van der Waals surface area (Å²) in [7, 11) is -2.22. The summed E-state index contributed by atoms with van der Waals surface area (Å²) < 4.78 is 32.6. The lowest BCUT2D eigenvalue weighted by Crippen LogP contribution is -2.13. The van der Waals surface area contributed by atoms with Crippen molar-refractivity contribution in [2.24, 2.45) is 0 Å². The van der Waals surface area contributed by atoms with Gasteiger partial charge in [0.25, 0.3) is 10.0 Å². The zero-order valence-electron chi connectivity index (χ0n) is 16.0. The van der Waals surface area contributed by atoms with Crippen LogP contribution >= 0.6 is 11.6 Å². The second-order valence-corrected chi connectivity index (χ2v) is 8.30. The standard InChI is InChI=1S/C22H19ClN2O4S/c1-29-18-11-6-16(7-12-18)8-15-22(26)24-17-9-13-19(14-10-17)30(27,28)25-21-5-3-2-4-20(21)23/h2-15,25H,1H3,(H,24,26)/b15-8+. The molecular weight excluding hydrogens is 424 g/mol. The molecule has 30 heavy (non-hydrogen) atoms. The third kappa shape index (κ3) is 5.62. The SMILES string of the molecule is COc1ccc(/C=C/C(=O)Nc2ccc(S(=O)(=O)Nc3ccccc3Cl)cc2)cc1. The first kappa shape index (κ1) is 21.4. The van der Waals surface area contributed by atoms with E-state index in [9.17, 15) is 13.2 Å². The number of sulfonamides is 1. The molecule has 0 aliphatic carbocycles. The Labute approximate surface area is 180 Å². The minimum absolute atomic E-state index is 0.0502. The molecule has 154 valence electrons. The molecule has 0 aliphatic heterocycles. The van der Waals surface area contributed by atoms with Crippen molar-refractivity contribution in [3.63, 3.8) is 0 Å². The van der Waals surface area contributed by atoms with Gasteiger partial charge in [-0.05, 0) is 60.2 Å². The smallest absolute Gasteiger partial charge is 0.261 e. The highest BCUT2D eigenvalue weighted by molar-refractivity contribution is 7.92. The Kier molecular flexibility index (Phi) is 6.76. The van der Waals surface area contributed by atoms with Gasteiger partial charge >= 0.3 is 0 Å². The van der Waals surface area contributed by atoms with Crippen LogP contribution in [-0.2, 0) is 14.8 Å². The van der Waals surface area contributed by atoms with Crippen LogP contribution in [0.25, 0.3) is 6.08 Å². The number of anilines is 2. The highest BCUT2D eigenvalue weighted by Crippen LogP contribution is 2.24. The Morgan fingerprint density at radius 1 is 0.967 bits per heavy atom. The van der Waals surface area contributed by atoms with Crippen LogP contribution in [0.1, 0.15) is 5.56 Å². The number of benzene rings is 3. The monoisotopic (exact) mass is 442 g/mol. The zero-order valence-corrected chi connectivity index (χ0v) is 17.6. The number of hydrogen-bond donors (Lipinski definition) is 2. The van der Waals surface area contributed by atoms with Gasteiger partial charge in [-0.15, -0.1) is 0 Å². The summed E-state index contributed by atoms with van der Waals surface area (Å²) in [5.74, 6) is 0.395. The van der Waals surface area contributed by atoms with Crippen molar-refractivity contribution in [1.29, 1.82) is 0 Å². The maximum Gasteiger partial charge on any atom is 0.261 e. The molecule has 6 nitrogen and oxygen atoms in total. The summed E-state index contributed by atoms with van der Waals surface area (Å²) in [6.07, 6.45) is 3.06. The van der Waals surface area contributed by atoms with E-state index >= 15 is 0 Å². The predicted molar refractivity (Wildman–Crippen MR) is 119 cm³/mol. The Balaban J connectivity index is 1.64. The van der Waals surface area contributed by atoms with Crippen LogP contribution in [0.3, 0.4) is 0 Å². The van der Waals surface area contributed by atoms with Crippen molar-refractivity contribution < 1.29 is 17.9 Å². The molecule has 0 unspecified atom stereocenters. The van der Waals surface area contributed by atoms with E-state index in [1.807, 2.05) is 12.1 Å². The summed E-state index contributed by atoms with van der Waals surface area (Å²) in [4.78, 5) is 12.2. The maximum absolute atomic E-state index is 12.5. The molecule has 0 fully saturated rings. The van der Waals surface area contributed by atoms with Gasteiger partial charge in [0, 0.05) is 11.8 Å². The van der Waals surface area contributed by atoms with Crippen LogP contribution in [0, 0.1) is 0 Å². The molecule has 3 rings (SSSR count). The normalized spacial score (nSPS) is 11.3. The minimum Gasteiger partial charge on any atom is -0.497 e. The zero-order chi connectivity index (χ0) is 21.6. The molecule has 0 radical (unpaired) electrons. The van der Waals surface area contributed by atoms with Gasteiger partial charge in [-0.25, -0.2) is 8.42 Å². The van der Waals surface area contributed by atoms with Crippen LogP contribution in [0.2, 0.25) is 5.02 Å². The molecular formula is C22H19ClN2O4S. The topological polar surface area (TPSA) is 84.5 Å². The second-order valence-electron chi connectivity index (χ2n) is 6.21. The number of hydrogen-bond acceptors (Lipinski definition) is 4. The number of rotatable bonds is 7. The Bertz CT molecular complexity index is 1160. The van der Waals surface area contributed by atoms with Gasteiger partial charge in [-0.3, -0.25) is 9.52 Å². The van der Waals surface area contributed by atoms with Crippen LogP contribution < -0.4 is 14.8 Å². The Hall–Kier alpha value is -3.29. The van der Waals surface area contributed by atoms with E-state index in [0.717, 1.165) is 11.3 Å². The van der Waals surface area contributed by atoms with Gasteiger partial charge in [0.2, 0.25) is 5.91 Å². The largest absolute Gasteiger partial charge is 0.497 e. The molecule has 3 aromatic rings. The molecule has 0 aromatic heterocycles. The Morgan fingerprint density at radius 3 is 2.27 bits per heavy atom. The summed E-state index contributed by atoms with van der Waals surface area (Å²) in [6.45, 7) is 0. The lowest BCUT2D eigenvalue weighted by atomic mass is 10.2. The van der Waals surface area contributed by atoms with Crippen molar-refractivity contribution in [3.05, 3.63) is 89.5 Å². The van der Waals surface area contributed by atoms with Crippen LogP contribution in [-0.4, -0.2) is 21.4 Å². The first-order valence-corrected chi connectivity index (χ1v) is 10.7. The summed E-state index contributed by atoms with van der Waals surface area (Å²) in [5, 5.41) is 2.99. The number of para-hydroxylation sites is 1. The van der Waals surface area contributed by atoms with Gasteiger partial charge in [-0.1, -0.05) is 35.9 Å². The van der Waals surface area contributed by atoms with Crippen LogP contribution in [0.15, 0.2) is 83.8 Å². The molecule has 0 saturated carbocycles. The second kappa shape index (κ2) is 9.47. The third-order valence-electron chi connectivity index (χ3n) is 4.09. The molecule has 0 bridgehead atoms. The first-order chi connectivity index (χ1) is 14.4. The molecule has 1 amide bonds. The lowest BCUT2D eigenvalue weighted by molar-refractivity contribution is -0.111. The summed E-state index contributed by atoms with van der Waals surface area (Å²) in [6, 6.07) is 19.7. The summed E-state index contributed by atoms with van der Waals surface area (Å²) >= 11 is 6.00. The van der Waals surface area contributed by atoms with Gasteiger partial charge in [-0.2, -0.15) is 0 Å². The number of halogens is 1. The minimum atomic E-state index is -3.80. The highest BCUT2D eigenvalue weighted by Gasteiger charge is 2.15. The van der Waals surface area contributed by atoms with Crippen LogP contribution in [0.4, 0.5) is 11.4 Å². The number of nitrogens with one attached hydrogen (secondary N) is 2. The average Bonchev–Trinajstić information content (AvgIpc) is 2.74. The van der Waals surface area contributed by atoms with Crippen molar-refractivity contribution >= 4 is 45.0 Å². The van der Waals surface area contributed by atoms with Crippen molar-refractivity contribution in [3.8, 4) is 5.75 Å². The molecule has 0 aliphatic rings. The van der Waals surface area contributed by atoms with Gasteiger partial charge in [0.1, 0.15) is 5.75 Å². The third-order valence-corrected chi connectivity index (χ3v) is 5.80. The predicted octanol–water partition coefficient (Wildman–Crippen LogP) is 4.80. The molecule has 0 atom stereocenters. The molecule has 3 aromatic carbocycles.